The van der Waals surface area contributed by atoms with E-state index in [1.165, 1.54) is 0 Å². The fraction of sp³-hybridized carbons (Fsp3) is 0.375. The van der Waals surface area contributed by atoms with Crippen molar-refractivity contribution in [1.29, 1.82) is 5.26 Å². The molecule has 0 atom stereocenters. The van der Waals surface area contributed by atoms with E-state index in [2.05, 4.69) is 4.90 Å². The van der Waals surface area contributed by atoms with Gasteiger partial charge in [0.15, 0.2) is 5.56 Å². The van der Waals surface area contributed by atoms with Crippen LogP contribution in [-0.2, 0) is 0 Å². The molecule has 0 N–H and O–H groups in total. The van der Waals surface area contributed by atoms with Gasteiger partial charge in [0.25, 0.3) is 0 Å². The molecule has 21 heavy (non-hydrogen) atoms. The molecular weight excluding hydrogens is 268 g/mol. The molecule has 1 saturated heterocycles. The van der Waals surface area contributed by atoms with Crippen molar-refractivity contribution in [2.75, 3.05) is 18.0 Å². The molecule has 0 saturated carbocycles. The largest absolute Gasteiger partial charge is 0.466 e. The van der Waals surface area contributed by atoms with E-state index in [4.69, 9.17) is 8.83 Å². The van der Waals surface area contributed by atoms with Crippen LogP contribution in [0.1, 0.15) is 29.9 Å². The first-order valence-corrected chi connectivity index (χ1v) is 7.00. The summed E-state index contributed by atoms with van der Waals surface area (Å²) in [5.41, 5.74) is 0.919. The average molecular weight is 284 g/mol. The van der Waals surface area contributed by atoms with Gasteiger partial charge in [-0.25, -0.2) is 4.79 Å². The van der Waals surface area contributed by atoms with E-state index in [9.17, 15) is 10.1 Å². The molecule has 1 aliphatic heterocycles. The standard InChI is InChI=1S/C16H16N2O3/c1-10-7-12(11(2)20-10)15-8-14(18-5-3-4-6-18)13(9-17)16(19)21-15/h7-8H,3-6H2,1-2H3. The summed E-state index contributed by atoms with van der Waals surface area (Å²) in [6.45, 7) is 5.40. The molecule has 5 heteroatoms. The Morgan fingerprint density at radius 3 is 2.48 bits per heavy atom. The van der Waals surface area contributed by atoms with Gasteiger partial charge in [-0.15, -0.1) is 0 Å². The summed E-state index contributed by atoms with van der Waals surface area (Å²) in [4.78, 5) is 14.2. The fourth-order valence-electron chi connectivity index (χ4n) is 2.80. The first-order valence-electron chi connectivity index (χ1n) is 7.00. The Morgan fingerprint density at radius 1 is 1.19 bits per heavy atom. The minimum absolute atomic E-state index is 0.0820. The van der Waals surface area contributed by atoms with Gasteiger partial charge in [0.2, 0.25) is 0 Å². The Morgan fingerprint density at radius 2 is 1.90 bits per heavy atom. The second-order valence-corrected chi connectivity index (χ2v) is 5.29. The third kappa shape index (κ3) is 2.33. The number of hydrogen-bond acceptors (Lipinski definition) is 5. The summed E-state index contributed by atoms with van der Waals surface area (Å²) < 4.78 is 10.8. The number of hydrogen-bond donors (Lipinski definition) is 0. The first-order chi connectivity index (χ1) is 10.1. The van der Waals surface area contributed by atoms with E-state index < -0.39 is 5.63 Å². The van der Waals surface area contributed by atoms with E-state index >= 15 is 0 Å². The van der Waals surface area contributed by atoms with Gasteiger partial charge in [-0.3, -0.25) is 0 Å². The highest BCUT2D eigenvalue weighted by molar-refractivity contribution is 5.68. The third-order valence-corrected chi connectivity index (χ3v) is 3.80. The third-order valence-electron chi connectivity index (χ3n) is 3.80. The van der Waals surface area contributed by atoms with Gasteiger partial charge >= 0.3 is 5.63 Å². The lowest BCUT2D eigenvalue weighted by Crippen LogP contribution is -2.22. The second kappa shape index (κ2) is 5.13. The van der Waals surface area contributed by atoms with Crippen molar-refractivity contribution in [1.82, 2.24) is 0 Å². The van der Waals surface area contributed by atoms with Crippen molar-refractivity contribution in [3.63, 3.8) is 0 Å². The lowest BCUT2D eigenvalue weighted by atomic mass is 10.1. The van der Waals surface area contributed by atoms with Crippen LogP contribution in [0.5, 0.6) is 0 Å². The lowest BCUT2D eigenvalue weighted by Gasteiger charge is -2.18. The molecule has 0 unspecified atom stereocenters. The van der Waals surface area contributed by atoms with Gasteiger partial charge < -0.3 is 13.7 Å². The highest BCUT2D eigenvalue weighted by Crippen LogP contribution is 2.31. The molecule has 0 amide bonds. The molecule has 3 rings (SSSR count). The van der Waals surface area contributed by atoms with Crippen molar-refractivity contribution in [3.05, 3.63) is 39.6 Å². The molecule has 2 aromatic heterocycles. The van der Waals surface area contributed by atoms with Crippen molar-refractivity contribution >= 4 is 5.69 Å². The maximum absolute atomic E-state index is 12.1. The normalized spacial score (nSPS) is 14.4. The predicted octanol–water partition coefficient (Wildman–Crippen LogP) is 2.99. The molecule has 5 nitrogen and oxygen atoms in total. The van der Waals surface area contributed by atoms with Gasteiger partial charge in [0.05, 0.1) is 11.3 Å². The zero-order valence-electron chi connectivity index (χ0n) is 12.1. The SMILES string of the molecule is Cc1cc(-c2cc(N3CCCC3)c(C#N)c(=O)o2)c(C)o1. The van der Waals surface area contributed by atoms with E-state index in [0.29, 0.717) is 17.2 Å². The van der Waals surface area contributed by atoms with Crippen molar-refractivity contribution < 1.29 is 8.83 Å². The van der Waals surface area contributed by atoms with Gasteiger partial charge in [0, 0.05) is 19.2 Å². The van der Waals surface area contributed by atoms with Crippen molar-refractivity contribution in [2.45, 2.75) is 26.7 Å². The number of anilines is 1. The molecule has 0 radical (unpaired) electrons. The fourth-order valence-corrected chi connectivity index (χ4v) is 2.80. The van der Waals surface area contributed by atoms with Crippen molar-refractivity contribution in [3.8, 4) is 17.4 Å². The number of nitriles is 1. The summed E-state index contributed by atoms with van der Waals surface area (Å²) in [7, 11) is 0. The molecule has 3 heterocycles. The highest BCUT2D eigenvalue weighted by Gasteiger charge is 2.22. The minimum atomic E-state index is -0.588. The van der Waals surface area contributed by atoms with Crippen LogP contribution in [0.3, 0.4) is 0 Å². The Balaban J connectivity index is 2.18. The molecule has 0 aromatic carbocycles. The minimum Gasteiger partial charge on any atom is -0.466 e. The molecular formula is C16H16N2O3. The van der Waals surface area contributed by atoms with E-state index in [1.807, 2.05) is 26.0 Å². The summed E-state index contributed by atoms with van der Waals surface area (Å²) in [5.74, 6) is 1.92. The Hall–Kier alpha value is -2.48. The maximum atomic E-state index is 12.1. The van der Waals surface area contributed by atoms with Gasteiger partial charge in [-0.1, -0.05) is 0 Å². The first kappa shape index (κ1) is 13.5. The maximum Gasteiger partial charge on any atom is 0.356 e. The quantitative estimate of drug-likeness (QED) is 0.847. The van der Waals surface area contributed by atoms with Crippen LogP contribution >= 0.6 is 0 Å². The average Bonchev–Trinajstić information content (AvgIpc) is 3.07. The van der Waals surface area contributed by atoms with Crippen LogP contribution in [0.25, 0.3) is 11.3 Å². The number of aryl methyl sites for hydroxylation is 2. The molecule has 1 fully saturated rings. The monoisotopic (exact) mass is 284 g/mol. The Bertz CT molecular complexity index is 774. The summed E-state index contributed by atoms with van der Waals surface area (Å²) in [6, 6.07) is 5.59. The van der Waals surface area contributed by atoms with Gasteiger partial charge in [-0.05, 0) is 32.8 Å². The molecule has 0 aliphatic carbocycles. The van der Waals surface area contributed by atoms with Crippen LogP contribution in [0.15, 0.2) is 25.8 Å². The summed E-state index contributed by atoms with van der Waals surface area (Å²) in [6.07, 6.45) is 2.15. The smallest absolute Gasteiger partial charge is 0.356 e. The molecule has 1 aliphatic rings. The zero-order chi connectivity index (χ0) is 15.0. The second-order valence-electron chi connectivity index (χ2n) is 5.29. The van der Waals surface area contributed by atoms with Crippen LogP contribution in [0.2, 0.25) is 0 Å². The molecule has 2 aromatic rings. The Labute approximate surface area is 122 Å². The molecule has 108 valence electrons. The van der Waals surface area contributed by atoms with Crippen LogP contribution < -0.4 is 10.5 Å². The summed E-state index contributed by atoms with van der Waals surface area (Å²) in [5, 5.41) is 9.22. The van der Waals surface area contributed by atoms with Crippen LogP contribution in [0.4, 0.5) is 5.69 Å². The highest BCUT2D eigenvalue weighted by atomic mass is 16.4. The Kier molecular flexibility index (Phi) is 3.30. The number of rotatable bonds is 2. The van der Waals surface area contributed by atoms with Crippen LogP contribution in [-0.4, -0.2) is 13.1 Å². The van der Waals surface area contributed by atoms with E-state index in [0.717, 1.165) is 37.3 Å². The van der Waals surface area contributed by atoms with Crippen molar-refractivity contribution in [2.24, 2.45) is 0 Å². The van der Waals surface area contributed by atoms with Gasteiger partial charge in [0.1, 0.15) is 23.3 Å². The van der Waals surface area contributed by atoms with Gasteiger partial charge in [-0.2, -0.15) is 5.26 Å². The van der Waals surface area contributed by atoms with E-state index in [-0.39, 0.29) is 5.56 Å². The topological polar surface area (TPSA) is 70.4 Å². The van der Waals surface area contributed by atoms with Crippen LogP contribution in [0, 0.1) is 25.2 Å². The molecule has 0 bridgehead atoms. The zero-order valence-corrected chi connectivity index (χ0v) is 12.1. The van der Waals surface area contributed by atoms with E-state index in [1.54, 1.807) is 6.07 Å². The predicted molar refractivity (Wildman–Crippen MR) is 78.3 cm³/mol. The lowest BCUT2D eigenvalue weighted by molar-refractivity contribution is 0.498. The number of furan rings is 1. The molecule has 0 spiro atoms. The number of nitrogens with zero attached hydrogens (tertiary/aromatic N) is 2. The summed E-state index contributed by atoms with van der Waals surface area (Å²) >= 11 is 0.